The number of methoxy groups -OCH3 is 2. The van der Waals surface area contributed by atoms with Crippen molar-refractivity contribution in [1.82, 2.24) is 0 Å². The number of hydrogen-bond donors (Lipinski definition) is 0. The van der Waals surface area contributed by atoms with Crippen LogP contribution in [0.4, 0.5) is 0 Å². The molecule has 4 nitrogen and oxygen atoms in total. The quantitative estimate of drug-likeness (QED) is 0.282. The van der Waals surface area contributed by atoms with E-state index >= 15 is 0 Å². The third-order valence-corrected chi connectivity index (χ3v) is 2.29. The van der Waals surface area contributed by atoms with Gasteiger partial charge in [-0.05, 0) is 25.7 Å². The van der Waals surface area contributed by atoms with E-state index < -0.39 is 17.9 Å². The van der Waals surface area contributed by atoms with Crippen molar-refractivity contribution in [3.05, 3.63) is 24.8 Å². The lowest BCUT2D eigenvalue weighted by Crippen LogP contribution is -2.25. The minimum atomic E-state index is -0.861. The summed E-state index contributed by atoms with van der Waals surface area (Å²) in [5.74, 6) is -1.99. The van der Waals surface area contributed by atoms with Crippen LogP contribution in [0.3, 0.4) is 0 Å². The first-order valence-corrected chi connectivity index (χ1v) is 5.58. The first kappa shape index (κ1) is 15.4. The minimum absolute atomic E-state index is 0.313. The molecule has 0 aliphatic carbocycles. The highest BCUT2D eigenvalue weighted by atomic mass is 16.5. The highest BCUT2D eigenvalue weighted by molar-refractivity contribution is 5.94. The predicted octanol–water partition coefficient (Wildman–Crippen LogP) is 2.25. The van der Waals surface area contributed by atoms with Gasteiger partial charge in [-0.1, -0.05) is 18.2 Å². The van der Waals surface area contributed by atoms with E-state index in [0.717, 1.165) is 19.3 Å². The molecule has 0 saturated carbocycles. The zero-order valence-corrected chi connectivity index (χ0v) is 10.5. The van der Waals surface area contributed by atoms with Crippen LogP contribution >= 0.6 is 0 Å². The van der Waals surface area contributed by atoms with Crippen LogP contribution < -0.4 is 0 Å². The van der Waals surface area contributed by atoms with E-state index in [2.05, 4.69) is 16.1 Å². The average molecular weight is 240 g/mol. The fraction of sp³-hybridized carbons (Fsp3) is 0.538. The van der Waals surface area contributed by atoms with Crippen molar-refractivity contribution in [3.63, 3.8) is 0 Å². The lowest BCUT2D eigenvalue weighted by atomic mass is 10.1. The monoisotopic (exact) mass is 240 g/mol. The summed E-state index contributed by atoms with van der Waals surface area (Å²) in [4.78, 5) is 22.6. The standard InChI is InChI=1S/C13H20O4/c1-4-5-6-7-8-9-10-11(12(14)16-2)13(15)17-3/h4,8-9,11H,1,5-7,10H2,2-3H3/b9-8+. The van der Waals surface area contributed by atoms with Crippen LogP contribution in [0, 0.1) is 5.92 Å². The van der Waals surface area contributed by atoms with Crippen LogP contribution in [-0.4, -0.2) is 26.2 Å². The molecule has 0 radical (unpaired) electrons. The van der Waals surface area contributed by atoms with Gasteiger partial charge >= 0.3 is 11.9 Å². The molecule has 0 fully saturated rings. The molecule has 0 aliphatic heterocycles. The predicted molar refractivity (Wildman–Crippen MR) is 65.3 cm³/mol. The Morgan fingerprint density at radius 3 is 2.18 bits per heavy atom. The average Bonchev–Trinajstić information content (AvgIpc) is 2.36. The SMILES string of the molecule is C=CCCC/C=C/CC(C(=O)OC)C(=O)OC. The van der Waals surface area contributed by atoms with Gasteiger partial charge in [0, 0.05) is 0 Å². The van der Waals surface area contributed by atoms with Crippen molar-refractivity contribution < 1.29 is 19.1 Å². The number of carbonyl (C=O) groups excluding carboxylic acids is 2. The van der Waals surface area contributed by atoms with Crippen LogP contribution in [0.5, 0.6) is 0 Å². The number of ether oxygens (including phenoxy) is 2. The molecule has 0 N–H and O–H groups in total. The second-order valence-corrected chi connectivity index (χ2v) is 3.53. The van der Waals surface area contributed by atoms with Gasteiger partial charge in [-0.15, -0.1) is 6.58 Å². The fourth-order valence-corrected chi connectivity index (χ4v) is 1.30. The van der Waals surface area contributed by atoms with Gasteiger partial charge in [-0.2, -0.15) is 0 Å². The molecule has 0 bridgehead atoms. The van der Waals surface area contributed by atoms with E-state index in [1.807, 2.05) is 18.2 Å². The van der Waals surface area contributed by atoms with Crippen molar-refractivity contribution in [2.45, 2.75) is 25.7 Å². The Hall–Kier alpha value is -1.58. The zero-order valence-electron chi connectivity index (χ0n) is 10.5. The van der Waals surface area contributed by atoms with Crippen molar-refractivity contribution in [2.75, 3.05) is 14.2 Å². The van der Waals surface area contributed by atoms with Gasteiger partial charge in [0.05, 0.1) is 14.2 Å². The molecule has 0 unspecified atom stereocenters. The molecule has 0 aliphatic rings. The third-order valence-electron chi connectivity index (χ3n) is 2.29. The Balaban J connectivity index is 4.12. The molecular formula is C13H20O4. The smallest absolute Gasteiger partial charge is 0.320 e. The Kier molecular flexibility index (Phi) is 8.74. The molecule has 0 heterocycles. The van der Waals surface area contributed by atoms with Gasteiger partial charge in [0.15, 0.2) is 5.92 Å². The van der Waals surface area contributed by atoms with E-state index in [4.69, 9.17) is 0 Å². The topological polar surface area (TPSA) is 52.6 Å². The van der Waals surface area contributed by atoms with Gasteiger partial charge in [0.25, 0.3) is 0 Å². The summed E-state index contributed by atoms with van der Waals surface area (Å²) in [5.41, 5.74) is 0. The number of allylic oxidation sites excluding steroid dienone is 3. The van der Waals surface area contributed by atoms with E-state index in [0.29, 0.717) is 6.42 Å². The molecular weight excluding hydrogens is 220 g/mol. The van der Waals surface area contributed by atoms with E-state index in [1.165, 1.54) is 14.2 Å². The molecule has 0 amide bonds. The van der Waals surface area contributed by atoms with Crippen LogP contribution in [0.1, 0.15) is 25.7 Å². The van der Waals surface area contributed by atoms with Crippen molar-refractivity contribution in [3.8, 4) is 0 Å². The summed E-state index contributed by atoms with van der Waals surface area (Å²) in [5, 5.41) is 0. The molecule has 96 valence electrons. The fourth-order valence-electron chi connectivity index (χ4n) is 1.30. The highest BCUT2D eigenvalue weighted by Crippen LogP contribution is 2.09. The summed E-state index contributed by atoms with van der Waals surface area (Å²) in [7, 11) is 2.51. The Morgan fingerprint density at radius 1 is 1.12 bits per heavy atom. The lowest BCUT2D eigenvalue weighted by Gasteiger charge is -2.09. The molecule has 17 heavy (non-hydrogen) atoms. The Labute approximate surface area is 102 Å². The number of hydrogen-bond acceptors (Lipinski definition) is 4. The van der Waals surface area contributed by atoms with Gasteiger partial charge in [0.1, 0.15) is 0 Å². The molecule has 0 saturated heterocycles. The number of rotatable bonds is 8. The van der Waals surface area contributed by atoms with E-state index in [-0.39, 0.29) is 0 Å². The summed E-state index contributed by atoms with van der Waals surface area (Å²) >= 11 is 0. The molecule has 0 rings (SSSR count). The van der Waals surface area contributed by atoms with Crippen LogP contribution in [0.15, 0.2) is 24.8 Å². The van der Waals surface area contributed by atoms with Gasteiger partial charge in [-0.25, -0.2) is 0 Å². The summed E-state index contributed by atoms with van der Waals surface area (Å²) < 4.78 is 9.09. The molecule has 0 atom stereocenters. The second-order valence-electron chi connectivity index (χ2n) is 3.53. The van der Waals surface area contributed by atoms with Crippen LogP contribution in [0.2, 0.25) is 0 Å². The minimum Gasteiger partial charge on any atom is -0.468 e. The maximum absolute atomic E-state index is 11.3. The first-order chi connectivity index (χ1) is 8.17. The second kappa shape index (κ2) is 9.63. The molecule has 0 aromatic heterocycles. The van der Waals surface area contributed by atoms with Gasteiger partial charge in [0.2, 0.25) is 0 Å². The van der Waals surface area contributed by atoms with Gasteiger partial charge in [-0.3, -0.25) is 9.59 Å². The zero-order chi connectivity index (χ0) is 13.1. The van der Waals surface area contributed by atoms with Crippen LogP contribution in [0.25, 0.3) is 0 Å². The Bertz CT molecular complexity index is 265. The normalized spacial score (nSPS) is 10.5. The van der Waals surface area contributed by atoms with E-state index in [1.54, 1.807) is 0 Å². The maximum Gasteiger partial charge on any atom is 0.320 e. The Morgan fingerprint density at radius 2 is 1.71 bits per heavy atom. The summed E-state index contributed by atoms with van der Waals surface area (Å²) in [6.45, 7) is 3.63. The van der Waals surface area contributed by atoms with Gasteiger partial charge < -0.3 is 9.47 Å². The van der Waals surface area contributed by atoms with E-state index in [9.17, 15) is 9.59 Å². The number of unbranched alkanes of at least 4 members (excludes halogenated alkanes) is 2. The lowest BCUT2D eigenvalue weighted by molar-refractivity contribution is -0.158. The van der Waals surface area contributed by atoms with Crippen molar-refractivity contribution in [1.29, 1.82) is 0 Å². The molecule has 0 aromatic carbocycles. The van der Waals surface area contributed by atoms with Crippen molar-refractivity contribution >= 4 is 11.9 Å². The largest absolute Gasteiger partial charge is 0.468 e. The third kappa shape index (κ3) is 6.56. The maximum atomic E-state index is 11.3. The number of esters is 2. The molecule has 0 spiro atoms. The number of carbonyl (C=O) groups is 2. The summed E-state index contributed by atoms with van der Waals surface area (Å²) in [6, 6.07) is 0. The molecule has 4 heteroatoms. The summed E-state index contributed by atoms with van der Waals surface area (Å²) in [6.07, 6.45) is 8.81. The highest BCUT2D eigenvalue weighted by Gasteiger charge is 2.26. The first-order valence-electron chi connectivity index (χ1n) is 5.58. The van der Waals surface area contributed by atoms with Crippen molar-refractivity contribution in [2.24, 2.45) is 5.92 Å². The molecule has 0 aromatic rings. The van der Waals surface area contributed by atoms with Crippen LogP contribution in [-0.2, 0) is 19.1 Å².